The molecule has 2 aromatic rings. The molecule has 0 unspecified atom stereocenters. The summed E-state index contributed by atoms with van der Waals surface area (Å²) in [5, 5.41) is 1.90. The number of ether oxygens (including phenoxy) is 1. The van der Waals surface area contributed by atoms with E-state index in [9.17, 15) is 0 Å². The predicted octanol–water partition coefficient (Wildman–Crippen LogP) is 2.90. The van der Waals surface area contributed by atoms with Gasteiger partial charge >= 0.3 is 0 Å². The van der Waals surface area contributed by atoms with Crippen molar-refractivity contribution < 1.29 is 4.74 Å². The minimum absolute atomic E-state index is 0.609. The lowest BCUT2D eigenvalue weighted by Crippen LogP contribution is -1.98. The highest BCUT2D eigenvalue weighted by molar-refractivity contribution is 9.10. The van der Waals surface area contributed by atoms with Gasteiger partial charge in [0.2, 0.25) is 5.88 Å². The average molecular weight is 267 g/mol. The monoisotopic (exact) mass is 266 g/mol. The van der Waals surface area contributed by atoms with Crippen LogP contribution in [0, 0.1) is 6.92 Å². The SMILES string of the molecule is COc1nc(C)c(N)c2ccc(Br)cc12. The third kappa shape index (κ3) is 1.65. The lowest BCUT2D eigenvalue weighted by Gasteiger charge is -2.09. The van der Waals surface area contributed by atoms with Crippen molar-refractivity contribution in [3.05, 3.63) is 28.4 Å². The minimum Gasteiger partial charge on any atom is -0.481 e. The molecule has 1 aromatic heterocycles. The van der Waals surface area contributed by atoms with Crippen LogP contribution in [0.4, 0.5) is 5.69 Å². The highest BCUT2D eigenvalue weighted by Gasteiger charge is 2.09. The lowest BCUT2D eigenvalue weighted by atomic mass is 10.1. The van der Waals surface area contributed by atoms with E-state index in [1.165, 1.54) is 0 Å². The van der Waals surface area contributed by atoms with E-state index in [4.69, 9.17) is 10.5 Å². The van der Waals surface area contributed by atoms with Gasteiger partial charge in [0.25, 0.3) is 0 Å². The van der Waals surface area contributed by atoms with Crippen LogP contribution in [0.3, 0.4) is 0 Å². The zero-order valence-corrected chi connectivity index (χ0v) is 10.1. The Labute approximate surface area is 96.4 Å². The first-order valence-corrected chi connectivity index (χ1v) is 5.32. The number of nitrogens with zero attached hydrogens (tertiary/aromatic N) is 1. The van der Waals surface area contributed by atoms with Crippen molar-refractivity contribution in [1.82, 2.24) is 4.98 Å². The summed E-state index contributed by atoms with van der Waals surface area (Å²) in [6, 6.07) is 5.88. The smallest absolute Gasteiger partial charge is 0.221 e. The molecular formula is C11H11BrN2O. The molecule has 0 spiro atoms. The van der Waals surface area contributed by atoms with Crippen LogP contribution in [0.1, 0.15) is 5.69 Å². The second kappa shape index (κ2) is 3.70. The summed E-state index contributed by atoms with van der Waals surface area (Å²) in [5.74, 6) is 0.609. The molecule has 0 aliphatic carbocycles. The quantitative estimate of drug-likeness (QED) is 0.864. The predicted molar refractivity (Wildman–Crippen MR) is 65.1 cm³/mol. The highest BCUT2D eigenvalue weighted by atomic mass is 79.9. The van der Waals surface area contributed by atoms with Crippen molar-refractivity contribution in [2.75, 3.05) is 12.8 Å². The molecule has 2 N–H and O–H groups in total. The van der Waals surface area contributed by atoms with Gasteiger partial charge in [-0.15, -0.1) is 0 Å². The van der Waals surface area contributed by atoms with Crippen LogP contribution < -0.4 is 10.5 Å². The Morgan fingerprint density at radius 2 is 2.07 bits per heavy atom. The van der Waals surface area contributed by atoms with E-state index < -0.39 is 0 Å². The summed E-state index contributed by atoms with van der Waals surface area (Å²) in [5.41, 5.74) is 7.46. The average Bonchev–Trinajstić information content (AvgIpc) is 2.23. The number of hydrogen-bond donors (Lipinski definition) is 1. The maximum absolute atomic E-state index is 5.96. The van der Waals surface area contributed by atoms with Crippen molar-refractivity contribution in [3.8, 4) is 5.88 Å². The molecule has 0 radical (unpaired) electrons. The fraction of sp³-hybridized carbons (Fsp3) is 0.182. The second-order valence-electron chi connectivity index (χ2n) is 3.31. The molecule has 0 amide bonds. The topological polar surface area (TPSA) is 48.1 Å². The van der Waals surface area contributed by atoms with E-state index in [0.717, 1.165) is 20.9 Å². The fourth-order valence-corrected chi connectivity index (χ4v) is 1.91. The number of hydrogen-bond acceptors (Lipinski definition) is 3. The summed E-state index contributed by atoms with van der Waals surface area (Å²) in [6.07, 6.45) is 0. The first-order valence-electron chi connectivity index (χ1n) is 4.53. The summed E-state index contributed by atoms with van der Waals surface area (Å²) in [6.45, 7) is 1.87. The van der Waals surface area contributed by atoms with Crippen LogP contribution in [0.5, 0.6) is 5.88 Å². The fourth-order valence-electron chi connectivity index (χ4n) is 1.55. The molecule has 0 aliphatic rings. The molecule has 3 nitrogen and oxygen atoms in total. The maximum atomic E-state index is 5.96. The number of aryl methyl sites for hydroxylation is 1. The van der Waals surface area contributed by atoms with Gasteiger partial charge < -0.3 is 10.5 Å². The van der Waals surface area contributed by atoms with Gasteiger partial charge in [0, 0.05) is 15.2 Å². The first kappa shape index (κ1) is 10.2. The molecule has 2 rings (SSSR count). The molecule has 0 atom stereocenters. The largest absolute Gasteiger partial charge is 0.481 e. The molecule has 1 heterocycles. The highest BCUT2D eigenvalue weighted by Crippen LogP contribution is 2.32. The zero-order chi connectivity index (χ0) is 11.0. The Bertz CT molecular complexity index is 525. The standard InChI is InChI=1S/C11H11BrN2O/c1-6-10(13)8-4-3-7(12)5-9(8)11(14-6)15-2/h3-5H,13H2,1-2H3. The number of methoxy groups -OCH3 is 1. The summed E-state index contributed by atoms with van der Waals surface area (Å²) >= 11 is 3.41. The third-order valence-corrected chi connectivity index (χ3v) is 2.85. The molecule has 0 fully saturated rings. The van der Waals surface area contributed by atoms with Crippen LogP contribution in [-0.4, -0.2) is 12.1 Å². The normalized spacial score (nSPS) is 10.6. The third-order valence-electron chi connectivity index (χ3n) is 2.35. The van der Waals surface area contributed by atoms with E-state index >= 15 is 0 Å². The Hall–Kier alpha value is -1.29. The number of halogens is 1. The molecule has 1 aromatic carbocycles. The van der Waals surface area contributed by atoms with Gasteiger partial charge in [-0.3, -0.25) is 0 Å². The number of aromatic nitrogens is 1. The number of nitrogen functional groups attached to an aromatic ring is 1. The Balaban J connectivity index is 2.90. The lowest BCUT2D eigenvalue weighted by molar-refractivity contribution is 0.402. The van der Waals surface area contributed by atoms with Gasteiger partial charge in [0.15, 0.2) is 0 Å². The molecule has 78 valence electrons. The van der Waals surface area contributed by atoms with Gasteiger partial charge in [-0.2, -0.15) is 0 Å². The second-order valence-corrected chi connectivity index (χ2v) is 4.23. The van der Waals surface area contributed by atoms with Crippen molar-refractivity contribution in [2.24, 2.45) is 0 Å². The van der Waals surface area contributed by atoms with Crippen molar-refractivity contribution in [1.29, 1.82) is 0 Å². The molecule has 0 bridgehead atoms. The van der Waals surface area contributed by atoms with Gasteiger partial charge in [-0.05, 0) is 19.1 Å². The van der Waals surface area contributed by atoms with Gasteiger partial charge in [0.1, 0.15) is 0 Å². The summed E-state index contributed by atoms with van der Waals surface area (Å²) < 4.78 is 6.22. The Kier molecular flexibility index (Phi) is 2.52. The molecular weight excluding hydrogens is 256 g/mol. The van der Waals surface area contributed by atoms with Crippen molar-refractivity contribution in [2.45, 2.75) is 6.92 Å². The van der Waals surface area contributed by atoms with Crippen molar-refractivity contribution >= 4 is 32.4 Å². The van der Waals surface area contributed by atoms with Crippen molar-refractivity contribution in [3.63, 3.8) is 0 Å². The molecule has 0 aliphatic heterocycles. The maximum Gasteiger partial charge on any atom is 0.221 e. The molecule has 0 saturated carbocycles. The number of rotatable bonds is 1. The Morgan fingerprint density at radius 3 is 2.73 bits per heavy atom. The van der Waals surface area contributed by atoms with E-state index in [0.29, 0.717) is 11.6 Å². The van der Waals surface area contributed by atoms with Crippen LogP contribution >= 0.6 is 15.9 Å². The van der Waals surface area contributed by atoms with E-state index in [-0.39, 0.29) is 0 Å². The van der Waals surface area contributed by atoms with Gasteiger partial charge in [0.05, 0.1) is 18.5 Å². The molecule has 0 saturated heterocycles. The van der Waals surface area contributed by atoms with Crippen LogP contribution in [-0.2, 0) is 0 Å². The van der Waals surface area contributed by atoms with Gasteiger partial charge in [-0.1, -0.05) is 22.0 Å². The van der Waals surface area contributed by atoms with Crippen LogP contribution in [0.25, 0.3) is 10.8 Å². The zero-order valence-electron chi connectivity index (χ0n) is 8.54. The van der Waals surface area contributed by atoms with E-state index in [1.54, 1.807) is 7.11 Å². The minimum atomic E-state index is 0.609. The summed E-state index contributed by atoms with van der Waals surface area (Å²) in [4.78, 5) is 4.29. The summed E-state index contributed by atoms with van der Waals surface area (Å²) in [7, 11) is 1.61. The van der Waals surface area contributed by atoms with E-state index in [2.05, 4.69) is 20.9 Å². The Morgan fingerprint density at radius 1 is 1.33 bits per heavy atom. The molecule has 4 heteroatoms. The van der Waals surface area contributed by atoms with Crippen LogP contribution in [0.15, 0.2) is 22.7 Å². The number of nitrogens with two attached hydrogens (primary N) is 1. The number of benzene rings is 1. The van der Waals surface area contributed by atoms with Gasteiger partial charge in [-0.25, -0.2) is 4.98 Å². The van der Waals surface area contributed by atoms with E-state index in [1.807, 2.05) is 25.1 Å². The van der Waals surface area contributed by atoms with Crippen LogP contribution in [0.2, 0.25) is 0 Å². The number of pyridine rings is 1. The number of fused-ring (bicyclic) bond motifs is 1. The number of anilines is 1. The first-order chi connectivity index (χ1) is 7.13. The molecule has 15 heavy (non-hydrogen) atoms.